The molecule has 30 heavy (non-hydrogen) atoms. The molecule has 4 rings (SSSR count). The summed E-state index contributed by atoms with van der Waals surface area (Å²) in [4.78, 5) is 25.8. The van der Waals surface area contributed by atoms with Gasteiger partial charge in [0.25, 0.3) is 10.0 Å². The van der Waals surface area contributed by atoms with E-state index < -0.39 is 10.0 Å². The van der Waals surface area contributed by atoms with E-state index in [1.165, 1.54) is 28.4 Å². The van der Waals surface area contributed by atoms with Crippen LogP contribution in [0, 0.1) is 0 Å². The van der Waals surface area contributed by atoms with Gasteiger partial charge in [0.15, 0.2) is 0 Å². The Bertz CT molecular complexity index is 1310. The molecular weight excluding hydrogens is 408 g/mol. The van der Waals surface area contributed by atoms with Crippen molar-refractivity contribution in [3.05, 3.63) is 46.9 Å². The van der Waals surface area contributed by atoms with Crippen LogP contribution in [0.1, 0.15) is 12.8 Å². The number of sulfonamides is 1. The number of rotatable bonds is 5. The highest BCUT2D eigenvalue weighted by molar-refractivity contribution is 7.92. The number of carbonyl (C=O) groups excluding carboxylic acids is 1. The molecule has 1 aliphatic heterocycles. The number of anilines is 2. The molecule has 0 unspecified atom stereocenters. The van der Waals surface area contributed by atoms with E-state index in [1.54, 1.807) is 43.3 Å². The van der Waals surface area contributed by atoms with Crippen molar-refractivity contribution >= 4 is 38.3 Å². The minimum absolute atomic E-state index is 0.0373. The molecular formula is C20H22N4O5S. The maximum atomic E-state index is 12.9. The molecule has 1 fully saturated rings. The quantitative estimate of drug-likeness (QED) is 0.665. The number of imidazole rings is 1. The standard InChI is InChI=1S/C20H22N4O5S/c1-22-16-11-15(18(29-3)12-17(16)23(2)20(22)26)21-30(27,28)14-8-6-13(7-9-14)24-10-4-5-19(24)25/h6-9,11-12,21H,4-5,10H2,1-3H3. The number of nitrogens with zero attached hydrogens (tertiary/aromatic N) is 3. The molecule has 10 heteroatoms. The molecule has 0 radical (unpaired) electrons. The van der Waals surface area contributed by atoms with E-state index in [-0.39, 0.29) is 22.2 Å². The second-order valence-electron chi connectivity index (χ2n) is 7.19. The van der Waals surface area contributed by atoms with Gasteiger partial charge in [0.1, 0.15) is 5.75 Å². The normalized spacial score (nSPS) is 14.5. The third-order valence-electron chi connectivity index (χ3n) is 5.37. The first kappa shape index (κ1) is 20.0. The molecule has 1 aliphatic rings. The fraction of sp³-hybridized carbons (Fsp3) is 0.300. The van der Waals surface area contributed by atoms with Gasteiger partial charge in [0, 0.05) is 38.8 Å². The maximum absolute atomic E-state index is 12.9. The van der Waals surface area contributed by atoms with Crippen LogP contribution in [-0.2, 0) is 28.9 Å². The topological polar surface area (TPSA) is 103 Å². The Morgan fingerprint density at radius 3 is 2.20 bits per heavy atom. The molecule has 0 saturated carbocycles. The Labute approximate surface area is 173 Å². The summed E-state index contributed by atoms with van der Waals surface area (Å²) in [5, 5.41) is 0. The molecule has 0 spiro atoms. The Morgan fingerprint density at radius 1 is 1.00 bits per heavy atom. The Kier molecular flexibility index (Phi) is 4.81. The van der Waals surface area contributed by atoms with Crippen LogP contribution in [0.2, 0.25) is 0 Å². The van der Waals surface area contributed by atoms with Gasteiger partial charge in [-0.3, -0.25) is 18.7 Å². The van der Waals surface area contributed by atoms with Crippen LogP contribution < -0.4 is 20.0 Å². The lowest BCUT2D eigenvalue weighted by molar-refractivity contribution is -0.117. The lowest BCUT2D eigenvalue weighted by atomic mass is 10.2. The summed E-state index contributed by atoms with van der Waals surface area (Å²) < 4.78 is 36.7. The molecule has 158 valence electrons. The molecule has 1 saturated heterocycles. The van der Waals surface area contributed by atoms with Gasteiger partial charge in [-0.15, -0.1) is 0 Å². The first-order valence-corrected chi connectivity index (χ1v) is 10.9. The second kappa shape index (κ2) is 7.21. The Morgan fingerprint density at radius 2 is 1.63 bits per heavy atom. The van der Waals surface area contributed by atoms with Gasteiger partial charge in [0.05, 0.1) is 28.7 Å². The van der Waals surface area contributed by atoms with E-state index in [9.17, 15) is 18.0 Å². The third-order valence-corrected chi connectivity index (χ3v) is 6.75. The maximum Gasteiger partial charge on any atom is 0.328 e. The molecule has 0 bridgehead atoms. The van der Waals surface area contributed by atoms with Crippen molar-refractivity contribution in [2.24, 2.45) is 14.1 Å². The van der Waals surface area contributed by atoms with Crippen LogP contribution in [0.4, 0.5) is 11.4 Å². The third kappa shape index (κ3) is 3.22. The number of carbonyl (C=O) groups is 1. The summed E-state index contributed by atoms with van der Waals surface area (Å²) in [6, 6.07) is 9.37. The number of nitrogens with one attached hydrogen (secondary N) is 1. The smallest absolute Gasteiger partial charge is 0.328 e. The molecule has 0 atom stereocenters. The van der Waals surface area contributed by atoms with Gasteiger partial charge in [-0.2, -0.15) is 0 Å². The molecule has 1 amide bonds. The van der Waals surface area contributed by atoms with Crippen molar-refractivity contribution in [2.45, 2.75) is 17.7 Å². The highest BCUT2D eigenvalue weighted by Gasteiger charge is 2.23. The van der Waals surface area contributed by atoms with Crippen molar-refractivity contribution in [3.63, 3.8) is 0 Å². The van der Waals surface area contributed by atoms with E-state index >= 15 is 0 Å². The predicted octanol–water partition coefficient (Wildman–Crippen LogP) is 1.81. The number of fused-ring (bicyclic) bond motifs is 1. The Balaban J connectivity index is 1.69. The van der Waals surface area contributed by atoms with Crippen molar-refractivity contribution in [3.8, 4) is 5.75 Å². The first-order valence-electron chi connectivity index (χ1n) is 9.39. The number of benzene rings is 2. The van der Waals surface area contributed by atoms with E-state index in [0.29, 0.717) is 35.4 Å². The summed E-state index contributed by atoms with van der Waals surface area (Å²) in [7, 11) is 0.779. The van der Waals surface area contributed by atoms with E-state index in [1.807, 2.05) is 0 Å². The number of hydrogen-bond donors (Lipinski definition) is 1. The minimum atomic E-state index is -3.91. The van der Waals surface area contributed by atoms with E-state index in [4.69, 9.17) is 4.74 Å². The van der Waals surface area contributed by atoms with Gasteiger partial charge in [-0.05, 0) is 36.8 Å². The fourth-order valence-electron chi connectivity index (χ4n) is 3.70. The average molecular weight is 430 g/mol. The average Bonchev–Trinajstić information content (AvgIpc) is 3.25. The zero-order chi connectivity index (χ0) is 21.6. The molecule has 2 aromatic carbocycles. The largest absolute Gasteiger partial charge is 0.494 e. The lowest BCUT2D eigenvalue weighted by Gasteiger charge is -2.16. The molecule has 1 aromatic heterocycles. The minimum Gasteiger partial charge on any atom is -0.494 e. The van der Waals surface area contributed by atoms with Crippen LogP contribution in [0.5, 0.6) is 5.75 Å². The van der Waals surface area contributed by atoms with Crippen molar-refractivity contribution in [2.75, 3.05) is 23.3 Å². The number of ether oxygens (including phenoxy) is 1. The Hall–Kier alpha value is -3.27. The summed E-state index contributed by atoms with van der Waals surface area (Å²) in [5.41, 5.74) is 1.88. The highest BCUT2D eigenvalue weighted by atomic mass is 32.2. The molecule has 9 nitrogen and oxygen atoms in total. The number of aromatic nitrogens is 2. The van der Waals surface area contributed by atoms with E-state index in [2.05, 4.69) is 4.72 Å². The second-order valence-corrected chi connectivity index (χ2v) is 8.87. The predicted molar refractivity (Wildman–Crippen MR) is 114 cm³/mol. The highest BCUT2D eigenvalue weighted by Crippen LogP contribution is 2.32. The van der Waals surface area contributed by atoms with Gasteiger partial charge < -0.3 is 9.64 Å². The SMILES string of the molecule is COc1cc2c(cc1NS(=O)(=O)c1ccc(N3CCCC3=O)cc1)n(C)c(=O)n2C. The lowest BCUT2D eigenvalue weighted by Crippen LogP contribution is -2.23. The zero-order valence-corrected chi connectivity index (χ0v) is 17.7. The summed E-state index contributed by atoms with van der Waals surface area (Å²) in [5.74, 6) is 0.335. The van der Waals surface area contributed by atoms with Crippen LogP contribution in [0.25, 0.3) is 11.0 Å². The van der Waals surface area contributed by atoms with Crippen LogP contribution in [-0.4, -0.2) is 37.1 Å². The number of methoxy groups -OCH3 is 1. The van der Waals surface area contributed by atoms with E-state index in [0.717, 1.165) is 6.42 Å². The molecule has 3 aromatic rings. The number of amides is 1. The molecule has 0 aliphatic carbocycles. The van der Waals surface area contributed by atoms with Crippen molar-refractivity contribution < 1.29 is 17.9 Å². The summed E-state index contributed by atoms with van der Waals surface area (Å²) >= 11 is 0. The monoisotopic (exact) mass is 430 g/mol. The van der Waals surface area contributed by atoms with Gasteiger partial charge in [-0.25, -0.2) is 13.2 Å². The van der Waals surface area contributed by atoms with Gasteiger partial charge in [-0.1, -0.05) is 0 Å². The van der Waals surface area contributed by atoms with Crippen LogP contribution >= 0.6 is 0 Å². The molecule has 1 N–H and O–H groups in total. The van der Waals surface area contributed by atoms with Crippen LogP contribution in [0.3, 0.4) is 0 Å². The number of aryl methyl sites for hydroxylation is 2. The fourth-order valence-corrected chi connectivity index (χ4v) is 4.77. The van der Waals surface area contributed by atoms with Crippen LogP contribution in [0.15, 0.2) is 46.1 Å². The number of hydrogen-bond acceptors (Lipinski definition) is 5. The summed E-state index contributed by atoms with van der Waals surface area (Å²) in [6.45, 7) is 0.635. The zero-order valence-electron chi connectivity index (χ0n) is 16.9. The van der Waals surface area contributed by atoms with Gasteiger partial charge >= 0.3 is 5.69 Å². The van der Waals surface area contributed by atoms with Gasteiger partial charge in [0.2, 0.25) is 5.91 Å². The first-order chi connectivity index (χ1) is 14.2. The summed E-state index contributed by atoms with van der Waals surface area (Å²) in [6.07, 6.45) is 1.30. The molecule has 2 heterocycles. The van der Waals surface area contributed by atoms with Crippen molar-refractivity contribution in [1.29, 1.82) is 0 Å². The van der Waals surface area contributed by atoms with Crippen molar-refractivity contribution in [1.82, 2.24) is 9.13 Å².